The molecule has 0 aliphatic heterocycles. The number of aromatic nitrogens is 4. The highest BCUT2D eigenvalue weighted by molar-refractivity contribution is 6.35. The van der Waals surface area contributed by atoms with Gasteiger partial charge in [-0.15, -0.1) is 0 Å². The number of halogens is 3. The van der Waals surface area contributed by atoms with Crippen molar-refractivity contribution < 1.29 is 9.53 Å². The van der Waals surface area contributed by atoms with E-state index in [0.717, 1.165) is 36.8 Å². The van der Waals surface area contributed by atoms with Gasteiger partial charge in [-0.25, -0.2) is 14.5 Å². The first kappa shape index (κ1) is 27.2. The number of carbonyl (C=O) groups is 1. The smallest absolute Gasteiger partial charge is 0.322 e. The summed E-state index contributed by atoms with van der Waals surface area (Å²) >= 11 is 18.7. The van der Waals surface area contributed by atoms with Crippen molar-refractivity contribution in [3.8, 4) is 28.5 Å². The fraction of sp³-hybridized carbons (Fsp3) is 0.286. The maximum Gasteiger partial charge on any atom is 0.322 e. The molecule has 0 spiro atoms. The molecule has 1 saturated carbocycles. The van der Waals surface area contributed by atoms with E-state index in [9.17, 15) is 4.79 Å². The third kappa shape index (κ3) is 6.46. The average molecular weight is 586 g/mol. The summed E-state index contributed by atoms with van der Waals surface area (Å²) < 4.78 is 7.14. The number of carbonyl (C=O) groups excluding carboxylic acids is 1. The van der Waals surface area contributed by atoms with Crippen molar-refractivity contribution >= 4 is 46.5 Å². The van der Waals surface area contributed by atoms with Crippen molar-refractivity contribution in [3.05, 3.63) is 76.0 Å². The first-order chi connectivity index (χ1) is 18.9. The third-order valence-corrected chi connectivity index (χ3v) is 7.44. The van der Waals surface area contributed by atoms with Gasteiger partial charge in [0, 0.05) is 51.8 Å². The number of nitrogens with one attached hydrogen (secondary N) is 1. The standard InChI is InChI=1S/C28H27Cl3N6O2/c1-39-25-7-6-19(14-24(25)31)27-34-26(18-8-10-32-11-9-18)35-37(27)13-12-36(23-4-2-3-5-23)28(38)33-22-16-20(29)15-21(30)17-22/h6-11,14-17,23H,2-5,12-13H2,1H3,(H,33,38). The Kier molecular flexibility index (Phi) is 8.55. The zero-order chi connectivity index (χ0) is 27.4. The van der Waals surface area contributed by atoms with E-state index >= 15 is 0 Å². The van der Waals surface area contributed by atoms with Gasteiger partial charge in [0.15, 0.2) is 11.6 Å². The fourth-order valence-electron chi connectivity index (χ4n) is 4.83. The minimum atomic E-state index is -0.205. The van der Waals surface area contributed by atoms with Crippen molar-refractivity contribution in [2.75, 3.05) is 19.0 Å². The summed E-state index contributed by atoms with van der Waals surface area (Å²) in [4.78, 5) is 24.3. The highest BCUT2D eigenvalue weighted by Gasteiger charge is 2.27. The Morgan fingerprint density at radius 3 is 2.41 bits per heavy atom. The van der Waals surface area contributed by atoms with Crippen LogP contribution < -0.4 is 10.1 Å². The largest absolute Gasteiger partial charge is 0.495 e. The molecular formula is C28H27Cl3N6O2. The van der Waals surface area contributed by atoms with Crippen LogP contribution in [0.2, 0.25) is 15.1 Å². The van der Waals surface area contributed by atoms with Gasteiger partial charge < -0.3 is 15.0 Å². The normalized spacial score (nSPS) is 13.4. The van der Waals surface area contributed by atoms with Gasteiger partial charge in [-0.1, -0.05) is 47.6 Å². The quantitative estimate of drug-likeness (QED) is 0.232. The highest BCUT2D eigenvalue weighted by atomic mass is 35.5. The summed E-state index contributed by atoms with van der Waals surface area (Å²) in [7, 11) is 1.57. The van der Waals surface area contributed by atoms with Crippen LogP contribution in [0.15, 0.2) is 60.9 Å². The SMILES string of the molecule is COc1ccc(-c2nc(-c3ccncc3)nn2CCN(C(=O)Nc2cc(Cl)cc(Cl)c2)C2CCCC2)cc1Cl. The van der Waals surface area contributed by atoms with E-state index in [1.807, 2.05) is 33.8 Å². The van der Waals surface area contributed by atoms with Crippen LogP contribution in [-0.4, -0.2) is 50.4 Å². The van der Waals surface area contributed by atoms with Gasteiger partial charge in [0.2, 0.25) is 0 Å². The summed E-state index contributed by atoms with van der Waals surface area (Å²) in [6, 6.07) is 14.1. The van der Waals surface area contributed by atoms with Crippen LogP contribution >= 0.6 is 34.8 Å². The first-order valence-corrected chi connectivity index (χ1v) is 13.8. The molecule has 39 heavy (non-hydrogen) atoms. The van der Waals surface area contributed by atoms with Crippen molar-refractivity contribution in [1.82, 2.24) is 24.6 Å². The molecule has 2 heterocycles. The van der Waals surface area contributed by atoms with Gasteiger partial charge in [0.05, 0.1) is 18.7 Å². The molecule has 0 radical (unpaired) electrons. The number of pyridine rings is 1. The summed E-state index contributed by atoms with van der Waals surface area (Å²) in [6.07, 6.45) is 7.47. The molecule has 202 valence electrons. The van der Waals surface area contributed by atoms with Crippen LogP contribution in [0, 0.1) is 0 Å². The Bertz CT molecular complexity index is 1440. The number of rotatable bonds is 8. The fourth-order valence-corrected chi connectivity index (χ4v) is 5.61. The lowest BCUT2D eigenvalue weighted by Gasteiger charge is -2.29. The number of methoxy groups -OCH3 is 1. The summed E-state index contributed by atoms with van der Waals surface area (Å²) in [5.41, 5.74) is 2.18. The topological polar surface area (TPSA) is 85.2 Å². The second-order valence-electron chi connectivity index (χ2n) is 9.29. The van der Waals surface area contributed by atoms with Crippen molar-refractivity contribution in [1.29, 1.82) is 0 Å². The predicted molar refractivity (Wildman–Crippen MR) is 155 cm³/mol. The zero-order valence-corrected chi connectivity index (χ0v) is 23.5. The molecule has 4 aromatic rings. The average Bonchev–Trinajstić information content (AvgIpc) is 3.60. The first-order valence-electron chi connectivity index (χ1n) is 12.6. The summed E-state index contributed by atoms with van der Waals surface area (Å²) in [5.74, 6) is 1.77. The molecular weight excluding hydrogens is 559 g/mol. The van der Waals surface area contributed by atoms with Crippen molar-refractivity contribution in [2.24, 2.45) is 0 Å². The number of urea groups is 1. The van der Waals surface area contributed by atoms with Crippen molar-refractivity contribution in [2.45, 2.75) is 38.3 Å². The molecule has 8 nitrogen and oxygen atoms in total. The van der Waals surface area contributed by atoms with Gasteiger partial charge in [0.1, 0.15) is 5.75 Å². The van der Waals surface area contributed by atoms with E-state index in [-0.39, 0.29) is 12.1 Å². The second kappa shape index (κ2) is 12.2. The molecule has 1 N–H and O–H groups in total. The van der Waals surface area contributed by atoms with Crippen LogP contribution in [0.4, 0.5) is 10.5 Å². The lowest BCUT2D eigenvalue weighted by atomic mass is 10.2. The summed E-state index contributed by atoms with van der Waals surface area (Å²) in [5, 5.41) is 9.16. The molecule has 0 saturated heterocycles. The van der Waals surface area contributed by atoms with Crippen LogP contribution in [-0.2, 0) is 6.54 Å². The Morgan fingerprint density at radius 1 is 1.03 bits per heavy atom. The van der Waals surface area contributed by atoms with Gasteiger partial charge in [0.25, 0.3) is 0 Å². The van der Waals surface area contributed by atoms with Crippen LogP contribution in [0.5, 0.6) is 5.75 Å². The third-order valence-electron chi connectivity index (χ3n) is 6.71. The Balaban J connectivity index is 1.44. The Hall–Kier alpha value is -3.33. The van der Waals surface area contributed by atoms with Crippen molar-refractivity contribution in [3.63, 3.8) is 0 Å². The van der Waals surface area contributed by atoms with Crippen LogP contribution in [0.25, 0.3) is 22.8 Å². The van der Waals surface area contributed by atoms with E-state index < -0.39 is 0 Å². The molecule has 11 heteroatoms. The van der Waals surface area contributed by atoms with Gasteiger partial charge in [-0.2, -0.15) is 5.10 Å². The number of anilines is 1. The number of amides is 2. The maximum absolute atomic E-state index is 13.5. The van der Waals surface area contributed by atoms with E-state index in [0.29, 0.717) is 51.2 Å². The highest BCUT2D eigenvalue weighted by Crippen LogP contribution is 2.31. The predicted octanol–water partition coefficient (Wildman–Crippen LogP) is 7.45. The van der Waals surface area contributed by atoms with Crippen LogP contribution in [0.3, 0.4) is 0 Å². The van der Waals surface area contributed by atoms with Gasteiger partial charge in [-0.3, -0.25) is 4.98 Å². The number of ether oxygens (including phenoxy) is 1. The van der Waals surface area contributed by atoms with E-state index in [1.54, 1.807) is 43.8 Å². The van der Waals surface area contributed by atoms with E-state index in [4.69, 9.17) is 49.6 Å². The van der Waals surface area contributed by atoms with Crippen LogP contribution in [0.1, 0.15) is 25.7 Å². The molecule has 1 aliphatic rings. The van der Waals surface area contributed by atoms with E-state index in [1.165, 1.54) is 0 Å². The van der Waals surface area contributed by atoms with E-state index in [2.05, 4.69) is 10.3 Å². The Morgan fingerprint density at radius 2 is 1.74 bits per heavy atom. The molecule has 2 aromatic heterocycles. The molecule has 2 amide bonds. The number of hydrogen-bond acceptors (Lipinski definition) is 5. The summed E-state index contributed by atoms with van der Waals surface area (Å²) in [6.45, 7) is 0.859. The molecule has 1 aliphatic carbocycles. The number of hydrogen-bond donors (Lipinski definition) is 1. The minimum absolute atomic E-state index is 0.127. The molecule has 0 unspecified atom stereocenters. The number of benzene rings is 2. The maximum atomic E-state index is 13.5. The molecule has 0 bridgehead atoms. The molecule has 1 fully saturated rings. The molecule has 0 atom stereocenters. The molecule has 2 aromatic carbocycles. The molecule has 5 rings (SSSR count). The lowest BCUT2D eigenvalue weighted by molar-refractivity contribution is 0.184. The number of nitrogens with zero attached hydrogens (tertiary/aromatic N) is 5. The van der Waals surface area contributed by atoms with Gasteiger partial charge >= 0.3 is 6.03 Å². The monoisotopic (exact) mass is 584 g/mol. The minimum Gasteiger partial charge on any atom is -0.495 e. The van der Waals surface area contributed by atoms with Gasteiger partial charge in [-0.05, 0) is 61.4 Å². The Labute approximate surface area is 241 Å². The zero-order valence-electron chi connectivity index (χ0n) is 21.3. The second-order valence-corrected chi connectivity index (χ2v) is 10.6. The lowest BCUT2D eigenvalue weighted by Crippen LogP contribution is -2.43.